The van der Waals surface area contributed by atoms with Crippen LogP contribution in [0.3, 0.4) is 0 Å². The fourth-order valence-corrected chi connectivity index (χ4v) is 2.37. The Morgan fingerprint density at radius 1 is 1.33 bits per heavy atom. The Kier molecular flexibility index (Phi) is 5.47. The summed E-state index contributed by atoms with van der Waals surface area (Å²) in [6, 6.07) is 5.34. The van der Waals surface area contributed by atoms with Crippen molar-refractivity contribution in [2.24, 2.45) is 0 Å². The zero-order valence-corrected chi connectivity index (χ0v) is 14.0. The molecule has 0 amide bonds. The summed E-state index contributed by atoms with van der Waals surface area (Å²) < 4.78 is 5.35. The molecule has 1 aromatic carbocycles. The Morgan fingerprint density at radius 3 is 2.62 bits per heavy atom. The molecule has 0 fully saturated rings. The molecular formula is C19H21NO4. The maximum absolute atomic E-state index is 11.6. The quantitative estimate of drug-likeness (QED) is 0.697. The van der Waals surface area contributed by atoms with E-state index in [9.17, 15) is 15.0 Å². The van der Waals surface area contributed by atoms with Gasteiger partial charge in [-0.3, -0.25) is 0 Å². The number of nitrogens with one attached hydrogen (secondary N) is 1. The monoisotopic (exact) mass is 327 g/mol. The molecule has 0 saturated carbocycles. The molecule has 0 aliphatic carbocycles. The summed E-state index contributed by atoms with van der Waals surface area (Å²) in [6.07, 6.45) is 7.48. The smallest absolute Gasteiger partial charge is 0.340 e. The fourth-order valence-electron chi connectivity index (χ4n) is 2.37. The van der Waals surface area contributed by atoms with E-state index in [1.807, 2.05) is 32.1 Å². The van der Waals surface area contributed by atoms with E-state index in [4.69, 9.17) is 4.74 Å². The third-order valence-corrected chi connectivity index (χ3v) is 3.61. The van der Waals surface area contributed by atoms with Gasteiger partial charge in [-0.15, -0.1) is 0 Å². The number of ether oxygens (including phenoxy) is 1. The normalized spacial score (nSPS) is 10.8. The zero-order chi connectivity index (χ0) is 17.7. The second-order valence-electron chi connectivity index (χ2n) is 5.62. The third kappa shape index (κ3) is 3.87. The topological polar surface area (TPSA) is 82.6 Å². The highest BCUT2D eigenvalue weighted by molar-refractivity contribution is 5.97. The molecule has 0 radical (unpaired) electrons. The van der Waals surface area contributed by atoms with E-state index < -0.39 is 5.97 Å². The lowest BCUT2D eigenvalue weighted by Crippen LogP contribution is -2.04. The number of carboxylic acid groups (broad SMARTS) is 1. The van der Waals surface area contributed by atoms with Crippen LogP contribution in [0.15, 0.2) is 36.0 Å². The van der Waals surface area contributed by atoms with Crippen molar-refractivity contribution >= 4 is 18.1 Å². The standard InChI is InChI=1S/C19H21NO4/c1-12(2)6-9-15-16(24-3)11-13(17(18(15)21)19(22)23)7-8-14-5-4-10-20-14/h4-8,10-11,20-21H,9H2,1-3H3,(H,22,23)/b8-7+. The molecule has 0 atom stereocenters. The predicted molar refractivity (Wildman–Crippen MR) is 94.5 cm³/mol. The number of aromatic nitrogens is 1. The number of methoxy groups -OCH3 is 1. The summed E-state index contributed by atoms with van der Waals surface area (Å²) in [7, 11) is 1.50. The van der Waals surface area contributed by atoms with Crippen LogP contribution in [-0.4, -0.2) is 28.3 Å². The van der Waals surface area contributed by atoms with Crippen LogP contribution in [0.2, 0.25) is 0 Å². The first-order valence-electron chi connectivity index (χ1n) is 7.55. The summed E-state index contributed by atoms with van der Waals surface area (Å²) in [4.78, 5) is 14.6. The van der Waals surface area contributed by atoms with Crippen LogP contribution in [0.1, 0.15) is 41.0 Å². The second kappa shape index (κ2) is 7.55. The lowest BCUT2D eigenvalue weighted by atomic mass is 9.97. The number of carbonyl (C=O) groups is 1. The van der Waals surface area contributed by atoms with E-state index in [1.165, 1.54) is 7.11 Å². The average Bonchev–Trinajstić information content (AvgIpc) is 3.03. The van der Waals surface area contributed by atoms with E-state index >= 15 is 0 Å². The summed E-state index contributed by atoms with van der Waals surface area (Å²) in [5.41, 5.74) is 2.62. The third-order valence-electron chi connectivity index (χ3n) is 3.61. The van der Waals surface area contributed by atoms with Crippen LogP contribution in [0.25, 0.3) is 12.2 Å². The van der Waals surface area contributed by atoms with E-state index in [-0.39, 0.29) is 11.3 Å². The van der Waals surface area contributed by atoms with Crippen LogP contribution in [0.5, 0.6) is 11.5 Å². The maximum atomic E-state index is 11.6. The van der Waals surface area contributed by atoms with Crippen molar-refractivity contribution in [1.29, 1.82) is 0 Å². The Labute approximate surface area is 140 Å². The molecule has 0 aliphatic rings. The van der Waals surface area contributed by atoms with Gasteiger partial charge in [-0.05, 0) is 50.1 Å². The Morgan fingerprint density at radius 2 is 2.08 bits per heavy atom. The summed E-state index contributed by atoms with van der Waals surface area (Å²) in [5, 5.41) is 20.0. The molecule has 24 heavy (non-hydrogen) atoms. The van der Waals surface area contributed by atoms with Gasteiger partial charge in [0.25, 0.3) is 0 Å². The molecule has 0 spiro atoms. The van der Waals surface area contributed by atoms with Gasteiger partial charge in [0.05, 0.1) is 7.11 Å². The van der Waals surface area contributed by atoms with Crippen LogP contribution in [0, 0.1) is 0 Å². The molecule has 5 heteroatoms. The SMILES string of the molecule is COc1cc(/C=C/c2ccc[nH]2)c(C(=O)O)c(O)c1CC=C(C)C. The number of benzene rings is 1. The van der Waals surface area contributed by atoms with Crippen molar-refractivity contribution in [3.05, 3.63) is 58.4 Å². The molecule has 2 rings (SSSR count). The van der Waals surface area contributed by atoms with Gasteiger partial charge in [0, 0.05) is 17.5 Å². The largest absolute Gasteiger partial charge is 0.507 e. The van der Waals surface area contributed by atoms with Crippen molar-refractivity contribution in [3.8, 4) is 11.5 Å². The number of aromatic amines is 1. The number of rotatable bonds is 6. The van der Waals surface area contributed by atoms with Crippen molar-refractivity contribution in [2.45, 2.75) is 20.3 Å². The fraction of sp³-hybridized carbons (Fsp3) is 0.211. The molecule has 0 unspecified atom stereocenters. The Hall–Kier alpha value is -2.95. The van der Waals surface area contributed by atoms with Gasteiger partial charge < -0.3 is 19.9 Å². The summed E-state index contributed by atoms with van der Waals surface area (Å²) in [5.74, 6) is -0.980. The minimum atomic E-state index is -1.18. The lowest BCUT2D eigenvalue weighted by Gasteiger charge is -2.14. The van der Waals surface area contributed by atoms with Gasteiger partial charge in [0.1, 0.15) is 17.1 Å². The molecule has 0 bridgehead atoms. The number of H-pyrrole nitrogens is 1. The molecule has 1 aromatic heterocycles. The van der Waals surface area contributed by atoms with Gasteiger partial charge in [-0.25, -0.2) is 4.79 Å². The van der Waals surface area contributed by atoms with Gasteiger partial charge in [0.2, 0.25) is 0 Å². The Balaban J connectivity index is 2.56. The Bertz CT molecular complexity index is 782. The van der Waals surface area contributed by atoms with Crippen LogP contribution in [0.4, 0.5) is 0 Å². The zero-order valence-electron chi connectivity index (χ0n) is 14.0. The van der Waals surface area contributed by atoms with Gasteiger partial charge in [-0.1, -0.05) is 17.7 Å². The van der Waals surface area contributed by atoms with Gasteiger partial charge in [-0.2, -0.15) is 0 Å². The first-order valence-corrected chi connectivity index (χ1v) is 7.55. The highest BCUT2D eigenvalue weighted by Crippen LogP contribution is 2.36. The predicted octanol–water partition coefficient (Wildman–Crippen LogP) is 4.11. The molecule has 0 saturated heterocycles. The maximum Gasteiger partial charge on any atom is 0.340 e. The molecule has 5 nitrogen and oxygen atoms in total. The molecule has 3 N–H and O–H groups in total. The number of phenols is 1. The van der Waals surface area contributed by atoms with E-state index in [0.29, 0.717) is 23.3 Å². The number of carboxylic acids is 1. The van der Waals surface area contributed by atoms with Crippen LogP contribution < -0.4 is 4.74 Å². The van der Waals surface area contributed by atoms with Gasteiger partial charge >= 0.3 is 5.97 Å². The number of aromatic hydroxyl groups is 1. The van der Waals surface area contributed by atoms with Crippen molar-refractivity contribution in [1.82, 2.24) is 4.98 Å². The minimum Gasteiger partial charge on any atom is -0.507 e. The average molecular weight is 327 g/mol. The van der Waals surface area contributed by atoms with E-state index in [1.54, 1.807) is 24.4 Å². The van der Waals surface area contributed by atoms with Crippen molar-refractivity contribution in [3.63, 3.8) is 0 Å². The lowest BCUT2D eigenvalue weighted by molar-refractivity contribution is 0.0693. The van der Waals surface area contributed by atoms with E-state index in [0.717, 1.165) is 11.3 Å². The first-order chi connectivity index (χ1) is 11.4. The molecular weight excluding hydrogens is 306 g/mol. The van der Waals surface area contributed by atoms with Gasteiger partial charge in [0.15, 0.2) is 0 Å². The van der Waals surface area contributed by atoms with Crippen molar-refractivity contribution in [2.75, 3.05) is 7.11 Å². The number of aromatic carboxylic acids is 1. The molecule has 126 valence electrons. The van der Waals surface area contributed by atoms with Crippen LogP contribution >= 0.6 is 0 Å². The summed E-state index contributed by atoms with van der Waals surface area (Å²) in [6.45, 7) is 3.88. The molecule has 1 heterocycles. The highest BCUT2D eigenvalue weighted by atomic mass is 16.5. The molecule has 2 aromatic rings. The van der Waals surface area contributed by atoms with Crippen molar-refractivity contribution < 1.29 is 19.7 Å². The molecule has 0 aliphatic heterocycles. The number of hydrogen-bond donors (Lipinski definition) is 3. The van der Waals surface area contributed by atoms with E-state index in [2.05, 4.69) is 4.98 Å². The number of hydrogen-bond acceptors (Lipinski definition) is 3. The number of allylic oxidation sites excluding steroid dienone is 2. The minimum absolute atomic E-state index is 0.129. The highest BCUT2D eigenvalue weighted by Gasteiger charge is 2.21. The first kappa shape index (κ1) is 17.4. The second-order valence-corrected chi connectivity index (χ2v) is 5.62. The van der Waals surface area contributed by atoms with Crippen LogP contribution in [-0.2, 0) is 6.42 Å². The summed E-state index contributed by atoms with van der Waals surface area (Å²) >= 11 is 0.